The van der Waals surface area contributed by atoms with Crippen molar-refractivity contribution < 1.29 is 0 Å². The standard InChI is InChI=1S/C35H38N2/c1-23-12-21-30-31(22-23)33(37-27-19-15-25(16-20-27)35(5,6)7)29-11-9-8-10-28(29)32(30)36-26-17-13-24(14-18-26)34(2,3)4/h8-22,36-37H,1-7H3. The van der Waals surface area contributed by atoms with Gasteiger partial charge >= 0.3 is 0 Å². The van der Waals surface area contributed by atoms with Crippen LogP contribution >= 0.6 is 0 Å². The smallest absolute Gasteiger partial charge is 0.0545 e. The lowest BCUT2D eigenvalue weighted by Crippen LogP contribution is -2.10. The molecule has 0 aliphatic rings. The van der Waals surface area contributed by atoms with E-state index >= 15 is 0 Å². The highest BCUT2D eigenvalue weighted by molar-refractivity contribution is 6.21. The molecule has 2 nitrogen and oxygen atoms in total. The van der Waals surface area contributed by atoms with Gasteiger partial charge in [-0.3, -0.25) is 0 Å². The SMILES string of the molecule is Cc1ccc2c(Nc3ccc(C(C)(C)C)cc3)c3ccccc3c(Nc3ccc(C(C)(C)C)cc3)c2c1. The molecule has 0 aliphatic carbocycles. The zero-order chi connectivity index (χ0) is 26.4. The van der Waals surface area contributed by atoms with Gasteiger partial charge in [-0.1, -0.05) is 108 Å². The van der Waals surface area contributed by atoms with Crippen molar-refractivity contribution in [2.75, 3.05) is 10.6 Å². The first-order chi connectivity index (χ1) is 17.5. The lowest BCUT2D eigenvalue weighted by atomic mass is 9.87. The largest absolute Gasteiger partial charge is 0.355 e. The van der Waals surface area contributed by atoms with E-state index in [1.165, 1.54) is 38.2 Å². The molecule has 0 aliphatic heterocycles. The Labute approximate surface area is 221 Å². The summed E-state index contributed by atoms with van der Waals surface area (Å²) in [6.07, 6.45) is 0. The maximum atomic E-state index is 3.78. The quantitative estimate of drug-likeness (QED) is 0.195. The molecule has 2 heteroatoms. The van der Waals surface area contributed by atoms with Crippen molar-refractivity contribution in [3.63, 3.8) is 0 Å². The highest BCUT2D eigenvalue weighted by atomic mass is 14.9. The molecule has 5 rings (SSSR count). The van der Waals surface area contributed by atoms with Crippen molar-refractivity contribution in [1.29, 1.82) is 0 Å². The van der Waals surface area contributed by atoms with Crippen LogP contribution < -0.4 is 10.6 Å². The molecule has 0 heterocycles. The average Bonchev–Trinajstić information content (AvgIpc) is 2.85. The predicted octanol–water partition coefficient (Wildman–Crippen LogP) is 10.4. The third kappa shape index (κ3) is 5.06. The van der Waals surface area contributed by atoms with Gasteiger partial charge in [0.25, 0.3) is 0 Å². The second-order valence-electron chi connectivity index (χ2n) is 12.2. The maximum Gasteiger partial charge on any atom is 0.0545 e. The van der Waals surface area contributed by atoms with Crippen LogP contribution in [0.5, 0.6) is 0 Å². The van der Waals surface area contributed by atoms with Crippen LogP contribution in [0.3, 0.4) is 0 Å². The topological polar surface area (TPSA) is 24.1 Å². The summed E-state index contributed by atoms with van der Waals surface area (Å²) in [5, 5.41) is 12.4. The number of rotatable bonds is 4. The molecule has 0 aromatic heterocycles. The molecule has 188 valence electrons. The van der Waals surface area contributed by atoms with Gasteiger partial charge in [-0.05, 0) is 59.2 Å². The van der Waals surface area contributed by atoms with Crippen molar-refractivity contribution >= 4 is 44.3 Å². The first-order valence-electron chi connectivity index (χ1n) is 13.2. The fraction of sp³-hybridized carbons (Fsp3) is 0.257. The molecule has 0 radical (unpaired) electrons. The molecule has 0 saturated carbocycles. The van der Waals surface area contributed by atoms with E-state index in [4.69, 9.17) is 0 Å². The van der Waals surface area contributed by atoms with Crippen LogP contribution in [0.25, 0.3) is 21.5 Å². The molecule has 0 amide bonds. The fourth-order valence-electron chi connectivity index (χ4n) is 4.96. The van der Waals surface area contributed by atoms with Crippen molar-refractivity contribution in [1.82, 2.24) is 0 Å². The van der Waals surface area contributed by atoms with Crippen LogP contribution in [-0.2, 0) is 10.8 Å². The summed E-state index contributed by atoms with van der Waals surface area (Å²) in [5.74, 6) is 0. The van der Waals surface area contributed by atoms with E-state index in [0.29, 0.717) is 0 Å². The minimum absolute atomic E-state index is 0.132. The van der Waals surface area contributed by atoms with E-state index in [0.717, 1.165) is 22.7 Å². The second-order valence-corrected chi connectivity index (χ2v) is 12.2. The van der Waals surface area contributed by atoms with E-state index < -0.39 is 0 Å². The molecule has 0 unspecified atom stereocenters. The summed E-state index contributed by atoms with van der Waals surface area (Å²) in [6, 6.07) is 33.1. The summed E-state index contributed by atoms with van der Waals surface area (Å²) >= 11 is 0. The Morgan fingerprint density at radius 3 is 1.30 bits per heavy atom. The van der Waals surface area contributed by atoms with E-state index in [1.807, 2.05) is 0 Å². The van der Waals surface area contributed by atoms with Gasteiger partial charge in [0.05, 0.1) is 11.4 Å². The number of nitrogens with one attached hydrogen (secondary N) is 2. The third-order valence-corrected chi connectivity index (χ3v) is 7.22. The van der Waals surface area contributed by atoms with Gasteiger partial charge in [0.15, 0.2) is 0 Å². The summed E-state index contributed by atoms with van der Waals surface area (Å²) in [5.41, 5.74) is 8.66. The number of hydrogen-bond donors (Lipinski definition) is 2. The zero-order valence-corrected chi connectivity index (χ0v) is 23.2. The Hall–Kier alpha value is -3.78. The van der Waals surface area contributed by atoms with Crippen LogP contribution in [0.1, 0.15) is 58.2 Å². The van der Waals surface area contributed by atoms with Crippen molar-refractivity contribution in [2.24, 2.45) is 0 Å². The minimum atomic E-state index is 0.132. The van der Waals surface area contributed by atoms with E-state index in [1.54, 1.807) is 0 Å². The first kappa shape index (κ1) is 24.9. The molecule has 5 aromatic rings. The van der Waals surface area contributed by atoms with E-state index in [-0.39, 0.29) is 10.8 Å². The Morgan fingerprint density at radius 2 is 0.865 bits per heavy atom. The molecule has 0 atom stereocenters. The van der Waals surface area contributed by atoms with Gasteiger partial charge in [0.2, 0.25) is 0 Å². The number of aryl methyl sites for hydroxylation is 1. The number of anilines is 4. The number of benzene rings is 5. The van der Waals surface area contributed by atoms with E-state index in [2.05, 4.69) is 150 Å². The zero-order valence-electron chi connectivity index (χ0n) is 23.2. The Kier molecular flexibility index (Phi) is 6.23. The van der Waals surface area contributed by atoms with Crippen LogP contribution in [0.15, 0.2) is 91.0 Å². The number of hydrogen-bond acceptors (Lipinski definition) is 2. The second kappa shape index (κ2) is 9.27. The summed E-state index contributed by atoms with van der Waals surface area (Å²) in [4.78, 5) is 0. The molecule has 0 fully saturated rings. The predicted molar refractivity (Wildman–Crippen MR) is 163 cm³/mol. The van der Waals surface area contributed by atoms with Crippen LogP contribution in [0.4, 0.5) is 22.7 Å². The van der Waals surface area contributed by atoms with Gasteiger partial charge < -0.3 is 10.6 Å². The van der Waals surface area contributed by atoms with Crippen molar-refractivity contribution in [2.45, 2.75) is 59.3 Å². The monoisotopic (exact) mass is 486 g/mol. The number of fused-ring (bicyclic) bond motifs is 2. The summed E-state index contributed by atoms with van der Waals surface area (Å²) in [6.45, 7) is 15.7. The van der Waals surface area contributed by atoms with Crippen molar-refractivity contribution in [3.05, 3.63) is 108 Å². The highest BCUT2D eigenvalue weighted by Gasteiger charge is 2.17. The summed E-state index contributed by atoms with van der Waals surface area (Å²) < 4.78 is 0. The molecule has 5 aromatic carbocycles. The lowest BCUT2D eigenvalue weighted by Gasteiger charge is -2.22. The maximum absolute atomic E-state index is 3.78. The molecular formula is C35H38N2. The molecule has 37 heavy (non-hydrogen) atoms. The Balaban J connectivity index is 1.64. The molecule has 0 bridgehead atoms. The van der Waals surface area contributed by atoms with Gasteiger partial charge in [-0.15, -0.1) is 0 Å². The average molecular weight is 487 g/mol. The lowest BCUT2D eigenvalue weighted by molar-refractivity contribution is 0.590. The van der Waals surface area contributed by atoms with Crippen molar-refractivity contribution in [3.8, 4) is 0 Å². The summed E-state index contributed by atoms with van der Waals surface area (Å²) in [7, 11) is 0. The van der Waals surface area contributed by atoms with Crippen LogP contribution in [-0.4, -0.2) is 0 Å². The third-order valence-electron chi connectivity index (χ3n) is 7.22. The first-order valence-corrected chi connectivity index (χ1v) is 13.2. The van der Waals surface area contributed by atoms with Crippen LogP contribution in [0.2, 0.25) is 0 Å². The van der Waals surface area contributed by atoms with Gasteiger partial charge in [-0.2, -0.15) is 0 Å². The highest BCUT2D eigenvalue weighted by Crippen LogP contribution is 2.42. The van der Waals surface area contributed by atoms with Gasteiger partial charge in [-0.25, -0.2) is 0 Å². The van der Waals surface area contributed by atoms with Gasteiger partial charge in [0, 0.05) is 32.9 Å². The molecular weight excluding hydrogens is 448 g/mol. The van der Waals surface area contributed by atoms with Gasteiger partial charge in [0.1, 0.15) is 0 Å². The molecule has 0 saturated heterocycles. The Bertz CT molecular complexity index is 1560. The molecule has 0 spiro atoms. The minimum Gasteiger partial charge on any atom is -0.355 e. The van der Waals surface area contributed by atoms with E-state index in [9.17, 15) is 0 Å². The normalized spacial score (nSPS) is 12.2. The van der Waals surface area contributed by atoms with Crippen LogP contribution in [0, 0.1) is 6.92 Å². The Morgan fingerprint density at radius 1 is 0.459 bits per heavy atom. The fourth-order valence-corrected chi connectivity index (χ4v) is 4.96. The molecule has 2 N–H and O–H groups in total.